The molecule has 58 valence electrons. The molecule has 0 bridgehead atoms. The molecule has 0 saturated heterocycles. The van der Waals surface area contributed by atoms with Crippen molar-refractivity contribution in [2.75, 3.05) is 5.33 Å². The molecule has 0 atom stereocenters. The Hall–Kier alpha value is -0.340. The molecule has 0 saturated carbocycles. The SMILES string of the molecule is Clc1cccnc1C=CCBr. The van der Waals surface area contributed by atoms with Gasteiger partial charge in [0.25, 0.3) is 0 Å². The summed E-state index contributed by atoms with van der Waals surface area (Å²) in [4.78, 5) is 4.08. The first kappa shape index (κ1) is 8.75. The maximum absolute atomic E-state index is 5.83. The van der Waals surface area contributed by atoms with E-state index in [-0.39, 0.29) is 0 Å². The van der Waals surface area contributed by atoms with Crippen LogP contribution in [0.1, 0.15) is 5.69 Å². The van der Waals surface area contributed by atoms with E-state index in [2.05, 4.69) is 20.9 Å². The number of rotatable bonds is 2. The highest BCUT2D eigenvalue weighted by atomic mass is 79.9. The van der Waals surface area contributed by atoms with E-state index >= 15 is 0 Å². The van der Waals surface area contributed by atoms with Crippen molar-refractivity contribution < 1.29 is 0 Å². The number of hydrogen-bond acceptors (Lipinski definition) is 1. The molecule has 1 aromatic heterocycles. The Kier molecular flexibility index (Phi) is 3.60. The molecule has 0 fully saturated rings. The molecule has 0 unspecified atom stereocenters. The molecule has 0 spiro atoms. The number of pyridine rings is 1. The Balaban J connectivity index is 2.86. The van der Waals surface area contributed by atoms with E-state index in [0.29, 0.717) is 5.02 Å². The summed E-state index contributed by atoms with van der Waals surface area (Å²) in [7, 11) is 0. The highest BCUT2D eigenvalue weighted by Crippen LogP contribution is 2.13. The molecule has 1 rings (SSSR count). The molecule has 3 heteroatoms. The predicted octanol–water partition coefficient (Wildman–Crippen LogP) is 3.14. The summed E-state index contributed by atoms with van der Waals surface area (Å²) in [5, 5.41) is 1.50. The highest BCUT2D eigenvalue weighted by Gasteiger charge is 1.92. The largest absolute Gasteiger partial charge is 0.255 e. The third-order valence-electron chi connectivity index (χ3n) is 1.15. The molecule has 0 radical (unpaired) electrons. The van der Waals surface area contributed by atoms with Crippen LogP contribution in [0, 0.1) is 0 Å². The van der Waals surface area contributed by atoms with Crippen molar-refractivity contribution in [1.82, 2.24) is 4.98 Å². The topological polar surface area (TPSA) is 12.9 Å². The lowest BCUT2D eigenvalue weighted by Crippen LogP contribution is -1.79. The van der Waals surface area contributed by atoms with Gasteiger partial charge in [0.1, 0.15) is 0 Å². The van der Waals surface area contributed by atoms with Crippen molar-refractivity contribution >= 4 is 33.6 Å². The maximum atomic E-state index is 5.83. The lowest BCUT2D eigenvalue weighted by atomic mass is 10.3. The van der Waals surface area contributed by atoms with Gasteiger partial charge in [-0.05, 0) is 18.2 Å². The van der Waals surface area contributed by atoms with Gasteiger partial charge in [-0.3, -0.25) is 4.98 Å². The summed E-state index contributed by atoms with van der Waals surface area (Å²) < 4.78 is 0. The van der Waals surface area contributed by atoms with Crippen LogP contribution in [0.25, 0.3) is 6.08 Å². The van der Waals surface area contributed by atoms with E-state index in [0.717, 1.165) is 11.0 Å². The van der Waals surface area contributed by atoms with E-state index in [1.165, 1.54) is 0 Å². The third-order valence-corrected chi connectivity index (χ3v) is 1.85. The number of alkyl halides is 1. The van der Waals surface area contributed by atoms with Crippen LogP contribution in [-0.4, -0.2) is 10.3 Å². The van der Waals surface area contributed by atoms with Gasteiger partial charge in [-0.15, -0.1) is 0 Å². The van der Waals surface area contributed by atoms with Crippen LogP contribution >= 0.6 is 27.5 Å². The fourth-order valence-electron chi connectivity index (χ4n) is 0.677. The van der Waals surface area contributed by atoms with Gasteiger partial charge in [-0.2, -0.15) is 0 Å². The van der Waals surface area contributed by atoms with Gasteiger partial charge in [0.15, 0.2) is 0 Å². The van der Waals surface area contributed by atoms with Gasteiger partial charge < -0.3 is 0 Å². The summed E-state index contributed by atoms with van der Waals surface area (Å²) in [5.41, 5.74) is 0.814. The average Bonchev–Trinajstić information content (AvgIpc) is 2.03. The van der Waals surface area contributed by atoms with Crippen LogP contribution in [-0.2, 0) is 0 Å². The second-order valence-corrected chi connectivity index (χ2v) is 2.98. The van der Waals surface area contributed by atoms with E-state index < -0.39 is 0 Å². The smallest absolute Gasteiger partial charge is 0.0812 e. The second-order valence-electron chi connectivity index (χ2n) is 1.93. The van der Waals surface area contributed by atoms with Crippen molar-refractivity contribution in [3.05, 3.63) is 35.1 Å². The zero-order valence-electron chi connectivity index (χ0n) is 5.80. The zero-order valence-corrected chi connectivity index (χ0v) is 8.14. The highest BCUT2D eigenvalue weighted by molar-refractivity contribution is 9.09. The van der Waals surface area contributed by atoms with Crippen molar-refractivity contribution in [1.29, 1.82) is 0 Å². The number of aromatic nitrogens is 1. The Morgan fingerprint density at radius 1 is 1.64 bits per heavy atom. The molecular formula is C8H7BrClN. The van der Waals surface area contributed by atoms with Crippen molar-refractivity contribution in [2.24, 2.45) is 0 Å². The Bertz CT molecular complexity index is 260. The molecule has 0 aromatic carbocycles. The van der Waals surface area contributed by atoms with Crippen LogP contribution in [0.15, 0.2) is 24.4 Å². The fourth-order valence-corrected chi connectivity index (χ4v) is 1.05. The minimum atomic E-state index is 0.685. The summed E-state index contributed by atoms with van der Waals surface area (Å²) in [6.07, 6.45) is 5.56. The summed E-state index contributed by atoms with van der Waals surface area (Å²) >= 11 is 9.10. The first-order chi connectivity index (χ1) is 5.34. The van der Waals surface area contributed by atoms with Gasteiger partial charge in [-0.25, -0.2) is 0 Å². The molecule has 1 aromatic rings. The Morgan fingerprint density at radius 3 is 3.09 bits per heavy atom. The summed E-state index contributed by atoms with van der Waals surface area (Å²) in [6.45, 7) is 0. The standard InChI is InChI=1S/C8H7BrClN/c9-5-1-4-8-7(10)3-2-6-11-8/h1-4,6H,5H2. The van der Waals surface area contributed by atoms with Crippen LogP contribution in [0.4, 0.5) is 0 Å². The molecular weight excluding hydrogens is 225 g/mol. The zero-order chi connectivity index (χ0) is 8.10. The first-order valence-electron chi connectivity index (χ1n) is 3.17. The molecule has 0 aliphatic carbocycles. The van der Waals surface area contributed by atoms with Gasteiger partial charge in [-0.1, -0.05) is 33.6 Å². The average molecular weight is 233 g/mol. The second kappa shape index (κ2) is 4.52. The summed E-state index contributed by atoms with van der Waals surface area (Å²) in [6, 6.07) is 3.64. The molecule has 0 aliphatic heterocycles. The number of nitrogens with zero attached hydrogens (tertiary/aromatic N) is 1. The Morgan fingerprint density at radius 2 is 2.45 bits per heavy atom. The normalized spacial score (nSPS) is 10.7. The van der Waals surface area contributed by atoms with Gasteiger partial charge in [0.05, 0.1) is 10.7 Å². The van der Waals surface area contributed by atoms with Crippen molar-refractivity contribution in [2.45, 2.75) is 0 Å². The number of hydrogen-bond donors (Lipinski definition) is 0. The third kappa shape index (κ3) is 2.64. The molecule has 1 heterocycles. The fraction of sp³-hybridized carbons (Fsp3) is 0.125. The van der Waals surface area contributed by atoms with Crippen molar-refractivity contribution in [3.8, 4) is 0 Å². The minimum absolute atomic E-state index is 0.685. The van der Waals surface area contributed by atoms with Gasteiger partial charge in [0.2, 0.25) is 0 Å². The van der Waals surface area contributed by atoms with Crippen LogP contribution in [0.3, 0.4) is 0 Å². The van der Waals surface area contributed by atoms with Crippen LogP contribution in [0.5, 0.6) is 0 Å². The Labute approximate surface area is 79.2 Å². The molecule has 0 aliphatic rings. The van der Waals surface area contributed by atoms with Gasteiger partial charge in [0, 0.05) is 11.5 Å². The van der Waals surface area contributed by atoms with E-state index in [1.807, 2.05) is 24.3 Å². The quantitative estimate of drug-likeness (QED) is 0.714. The van der Waals surface area contributed by atoms with E-state index in [4.69, 9.17) is 11.6 Å². The first-order valence-corrected chi connectivity index (χ1v) is 4.67. The molecule has 1 nitrogen and oxygen atoms in total. The monoisotopic (exact) mass is 231 g/mol. The molecule has 11 heavy (non-hydrogen) atoms. The lowest BCUT2D eigenvalue weighted by molar-refractivity contribution is 1.29. The molecule has 0 N–H and O–H groups in total. The maximum Gasteiger partial charge on any atom is 0.0812 e. The molecule has 0 amide bonds. The lowest BCUT2D eigenvalue weighted by Gasteiger charge is -1.93. The predicted molar refractivity (Wildman–Crippen MR) is 52.1 cm³/mol. The van der Waals surface area contributed by atoms with Gasteiger partial charge >= 0.3 is 0 Å². The summed E-state index contributed by atoms with van der Waals surface area (Å²) in [5.74, 6) is 0. The van der Waals surface area contributed by atoms with Crippen LogP contribution in [0.2, 0.25) is 5.02 Å². The van der Waals surface area contributed by atoms with E-state index in [9.17, 15) is 0 Å². The number of halogens is 2. The number of allylic oxidation sites excluding steroid dienone is 1. The van der Waals surface area contributed by atoms with E-state index in [1.54, 1.807) is 6.20 Å². The minimum Gasteiger partial charge on any atom is -0.255 e. The van der Waals surface area contributed by atoms with Crippen LogP contribution < -0.4 is 0 Å². The van der Waals surface area contributed by atoms with Crippen molar-refractivity contribution in [3.63, 3.8) is 0 Å².